The molecule has 0 radical (unpaired) electrons. The molecule has 0 saturated heterocycles. The number of hydrogen-bond acceptors (Lipinski definition) is 2. The van der Waals surface area contributed by atoms with Crippen LogP contribution < -0.4 is 0 Å². The second-order valence-electron chi connectivity index (χ2n) is 12.2. The fourth-order valence-corrected chi connectivity index (χ4v) is 6.55. The number of nitrogens with zero attached hydrogens (tertiary/aromatic N) is 1. The normalized spacial score (nSPS) is 16.6. The van der Waals surface area contributed by atoms with Crippen molar-refractivity contribution in [3.63, 3.8) is 0 Å². The van der Waals surface area contributed by atoms with Gasteiger partial charge in [-0.3, -0.25) is 4.98 Å². The van der Waals surface area contributed by atoms with Gasteiger partial charge in [-0.25, -0.2) is 0 Å². The molecule has 37 heavy (non-hydrogen) atoms. The maximum atomic E-state index is 6.51. The van der Waals surface area contributed by atoms with E-state index in [2.05, 4.69) is 101 Å². The first-order valence-corrected chi connectivity index (χ1v) is 13.6. The van der Waals surface area contributed by atoms with Crippen molar-refractivity contribution in [2.24, 2.45) is 0 Å². The molecule has 0 spiro atoms. The lowest BCUT2D eigenvalue weighted by Crippen LogP contribution is -2.33. The Labute approximate surface area is 218 Å². The monoisotopic (exact) mass is 483 g/mol. The Bertz CT molecular complexity index is 1870. The van der Waals surface area contributed by atoms with Gasteiger partial charge in [-0.15, -0.1) is 0 Å². The first-order chi connectivity index (χ1) is 17.7. The quantitative estimate of drug-likeness (QED) is 0.245. The number of pyridine rings is 1. The van der Waals surface area contributed by atoms with Crippen LogP contribution in [0.4, 0.5) is 0 Å². The van der Waals surface area contributed by atoms with E-state index < -0.39 is 0 Å². The second-order valence-corrected chi connectivity index (χ2v) is 12.2. The van der Waals surface area contributed by atoms with E-state index >= 15 is 0 Å². The molecule has 1 aliphatic rings. The van der Waals surface area contributed by atoms with E-state index in [1.54, 1.807) is 0 Å². The van der Waals surface area contributed by atoms with Crippen LogP contribution in [0.15, 0.2) is 77.3 Å². The Hall–Kier alpha value is -3.65. The predicted molar refractivity (Wildman–Crippen MR) is 157 cm³/mol. The Morgan fingerprint density at radius 2 is 1.38 bits per heavy atom. The van der Waals surface area contributed by atoms with Crippen LogP contribution in [0.2, 0.25) is 0 Å². The van der Waals surface area contributed by atoms with Crippen molar-refractivity contribution < 1.29 is 4.42 Å². The van der Waals surface area contributed by atoms with Crippen molar-refractivity contribution in [1.29, 1.82) is 0 Å². The summed E-state index contributed by atoms with van der Waals surface area (Å²) in [7, 11) is 0. The molecule has 0 fully saturated rings. The maximum Gasteiger partial charge on any atom is 0.136 e. The fourth-order valence-electron chi connectivity index (χ4n) is 6.55. The van der Waals surface area contributed by atoms with Crippen LogP contribution in [0.3, 0.4) is 0 Å². The van der Waals surface area contributed by atoms with Crippen molar-refractivity contribution in [1.82, 2.24) is 4.98 Å². The van der Waals surface area contributed by atoms with Crippen molar-refractivity contribution in [3.05, 3.63) is 89.6 Å². The zero-order valence-corrected chi connectivity index (χ0v) is 22.4. The molecule has 2 aromatic heterocycles. The van der Waals surface area contributed by atoms with Crippen LogP contribution >= 0.6 is 0 Å². The van der Waals surface area contributed by atoms with Crippen LogP contribution in [0.1, 0.15) is 64.2 Å². The Kier molecular flexibility index (Phi) is 4.68. The average Bonchev–Trinajstić information content (AvgIpc) is 3.25. The van der Waals surface area contributed by atoms with Gasteiger partial charge in [0.05, 0.1) is 5.69 Å². The summed E-state index contributed by atoms with van der Waals surface area (Å²) in [5.74, 6) is 0. The van der Waals surface area contributed by atoms with Crippen LogP contribution in [0.5, 0.6) is 0 Å². The molecule has 7 rings (SSSR count). The Morgan fingerprint density at radius 1 is 0.703 bits per heavy atom. The van der Waals surface area contributed by atoms with Crippen LogP contribution in [0.25, 0.3) is 54.7 Å². The zero-order chi connectivity index (χ0) is 25.5. The zero-order valence-electron chi connectivity index (χ0n) is 22.4. The van der Waals surface area contributed by atoms with Gasteiger partial charge in [0.2, 0.25) is 0 Å². The molecule has 0 bridgehead atoms. The lowest BCUT2D eigenvalue weighted by molar-refractivity contribution is 0.332. The third kappa shape index (κ3) is 3.35. The minimum atomic E-state index is 0.160. The first kappa shape index (κ1) is 22.5. The summed E-state index contributed by atoms with van der Waals surface area (Å²) in [5, 5.41) is 7.31. The minimum absolute atomic E-state index is 0.160. The molecule has 0 saturated carbocycles. The van der Waals surface area contributed by atoms with Crippen LogP contribution in [-0.2, 0) is 17.3 Å². The van der Waals surface area contributed by atoms with Crippen LogP contribution in [0, 0.1) is 0 Å². The number of furan rings is 1. The summed E-state index contributed by atoms with van der Waals surface area (Å²) in [6, 6.07) is 24.6. The highest BCUT2D eigenvalue weighted by molar-refractivity contribution is 6.12. The standard InChI is InChI=1S/C35H33NO/c1-6-21-15-24(16-22-9-7-8-10-25(21)22)33-26-18-27-28-19-29-30(35(4,5)13-12-34(29,2)3)20-32(28)37-31(27)17-23(26)11-14-36-33/h7-11,14-20H,6,12-13H2,1-5H3. The molecule has 2 nitrogen and oxygen atoms in total. The summed E-state index contributed by atoms with van der Waals surface area (Å²) in [5.41, 5.74) is 8.73. The fraction of sp³-hybridized carbons (Fsp3) is 0.286. The molecule has 0 N–H and O–H groups in total. The Balaban J connectivity index is 1.51. The van der Waals surface area contributed by atoms with E-state index in [1.807, 2.05) is 6.20 Å². The number of aromatic nitrogens is 1. The SMILES string of the molecule is CCc1cc(-c2nccc3cc4oc5cc6c(cc5c4cc23)C(C)(C)CCC6(C)C)cc2ccccc12. The minimum Gasteiger partial charge on any atom is -0.456 e. The molecule has 4 aromatic carbocycles. The van der Waals surface area contributed by atoms with E-state index in [1.165, 1.54) is 62.0 Å². The lowest BCUT2D eigenvalue weighted by atomic mass is 9.63. The molecule has 1 aliphatic carbocycles. The van der Waals surface area contributed by atoms with E-state index in [9.17, 15) is 0 Å². The first-order valence-electron chi connectivity index (χ1n) is 13.6. The molecule has 2 heterocycles. The largest absolute Gasteiger partial charge is 0.456 e. The number of fused-ring (bicyclic) bond motifs is 6. The number of hydrogen-bond donors (Lipinski definition) is 0. The van der Waals surface area contributed by atoms with Gasteiger partial charge in [0, 0.05) is 27.9 Å². The summed E-state index contributed by atoms with van der Waals surface area (Å²) in [6.45, 7) is 11.7. The number of aryl methyl sites for hydroxylation is 1. The van der Waals surface area contributed by atoms with Crippen LogP contribution in [-0.4, -0.2) is 4.98 Å². The summed E-state index contributed by atoms with van der Waals surface area (Å²) < 4.78 is 6.51. The predicted octanol–water partition coefficient (Wildman–Crippen LogP) is 9.87. The van der Waals surface area contributed by atoms with Gasteiger partial charge in [0.15, 0.2) is 0 Å². The lowest BCUT2D eigenvalue weighted by Gasteiger charge is -2.41. The second kappa shape index (κ2) is 7.68. The van der Waals surface area contributed by atoms with Gasteiger partial charge < -0.3 is 4.42 Å². The molecule has 2 heteroatoms. The topological polar surface area (TPSA) is 26.0 Å². The molecule has 0 unspecified atom stereocenters. The van der Waals surface area contributed by atoms with E-state index in [0.717, 1.165) is 28.7 Å². The summed E-state index contributed by atoms with van der Waals surface area (Å²) >= 11 is 0. The Morgan fingerprint density at radius 3 is 2.16 bits per heavy atom. The van der Waals surface area contributed by atoms with Gasteiger partial charge in [0.1, 0.15) is 11.2 Å². The highest BCUT2D eigenvalue weighted by Crippen LogP contribution is 2.48. The molecule has 6 aromatic rings. The van der Waals surface area contributed by atoms with E-state index in [0.29, 0.717) is 0 Å². The van der Waals surface area contributed by atoms with Crippen molar-refractivity contribution >= 4 is 43.5 Å². The smallest absolute Gasteiger partial charge is 0.136 e. The number of benzene rings is 4. The maximum absolute atomic E-state index is 6.51. The van der Waals surface area contributed by atoms with E-state index in [4.69, 9.17) is 9.40 Å². The van der Waals surface area contributed by atoms with Gasteiger partial charge in [0.25, 0.3) is 0 Å². The number of rotatable bonds is 2. The van der Waals surface area contributed by atoms with Crippen molar-refractivity contribution in [3.8, 4) is 11.3 Å². The molecule has 0 amide bonds. The molecule has 184 valence electrons. The van der Waals surface area contributed by atoms with Gasteiger partial charge in [-0.05, 0) is 105 Å². The molecule has 0 atom stereocenters. The summed E-state index contributed by atoms with van der Waals surface area (Å²) in [6.07, 6.45) is 5.32. The van der Waals surface area contributed by atoms with Gasteiger partial charge in [-0.1, -0.05) is 58.9 Å². The van der Waals surface area contributed by atoms with Crippen molar-refractivity contribution in [2.75, 3.05) is 0 Å². The third-order valence-corrected chi connectivity index (χ3v) is 8.93. The third-order valence-electron chi connectivity index (χ3n) is 8.93. The molecular weight excluding hydrogens is 450 g/mol. The molecular formula is C35H33NO. The highest BCUT2D eigenvalue weighted by Gasteiger charge is 2.37. The van der Waals surface area contributed by atoms with Crippen molar-refractivity contribution in [2.45, 2.75) is 64.7 Å². The van der Waals surface area contributed by atoms with E-state index in [-0.39, 0.29) is 10.8 Å². The highest BCUT2D eigenvalue weighted by atomic mass is 16.3. The summed E-state index contributed by atoms with van der Waals surface area (Å²) in [4.78, 5) is 4.91. The average molecular weight is 484 g/mol. The van der Waals surface area contributed by atoms with Gasteiger partial charge >= 0.3 is 0 Å². The van der Waals surface area contributed by atoms with Gasteiger partial charge in [-0.2, -0.15) is 0 Å². The molecule has 0 aliphatic heterocycles.